The number of hydrogen-bond donors (Lipinski definition) is 3. The van der Waals surface area contributed by atoms with Gasteiger partial charge in [-0.3, -0.25) is 19.4 Å². The number of anilines is 2. The maximum Gasteiger partial charge on any atom is 0.258 e. The van der Waals surface area contributed by atoms with Crippen LogP contribution in [0.25, 0.3) is 11.4 Å². The first-order valence-corrected chi connectivity index (χ1v) is 19.9. The summed E-state index contributed by atoms with van der Waals surface area (Å²) >= 11 is 0. The molecule has 16 nitrogen and oxygen atoms in total. The highest BCUT2D eigenvalue weighted by Crippen LogP contribution is 2.35. The molecule has 0 saturated carbocycles. The third-order valence-corrected chi connectivity index (χ3v) is 11.6. The Morgan fingerprint density at radius 3 is 2.23 bits per heavy atom. The summed E-state index contributed by atoms with van der Waals surface area (Å²) in [7, 11) is 0. The van der Waals surface area contributed by atoms with Gasteiger partial charge >= 0.3 is 0 Å². The van der Waals surface area contributed by atoms with E-state index in [9.17, 15) is 19.8 Å². The molecule has 6 heterocycles. The van der Waals surface area contributed by atoms with Gasteiger partial charge in [0.1, 0.15) is 17.3 Å². The number of hydrogen-bond acceptors (Lipinski definition) is 14. The molecule has 2 amide bonds. The lowest BCUT2D eigenvalue weighted by Crippen LogP contribution is -2.51. The molecule has 8 rings (SSSR count). The molecule has 4 aliphatic rings. The zero-order valence-electron chi connectivity index (χ0n) is 32.7. The highest BCUT2D eigenvalue weighted by molar-refractivity contribution is 5.97. The van der Waals surface area contributed by atoms with Crippen LogP contribution in [0.15, 0.2) is 42.7 Å². The van der Waals surface area contributed by atoms with Gasteiger partial charge in [-0.2, -0.15) is 9.97 Å². The van der Waals surface area contributed by atoms with Crippen LogP contribution in [0.5, 0.6) is 11.5 Å². The number of aromatic nitrogens is 5. The number of piperidine rings is 1. The van der Waals surface area contributed by atoms with Gasteiger partial charge in [-0.25, -0.2) is 15.0 Å². The van der Waals surface area contributed by atoms with Crippen molar-refractivity contribution in [3.63, 3.8) is 0 Å². The van der Waals surface area contributed by atoms with Crippen LogP contribution in [0, 0.1) is 5.92 Å². The topological polar surface area (TPSA) is 190 Å². The van der Waals surface area contributed by atoms with Gasteiger partial charge in [0.25, 0.3) is 5.91 Å². The summed E-state index contributed by atoms with van der Waals surface area (Å²) in [6, 6.07) is 9.29. The summed E-state index contributed by atoms with van der Waals surface area (Å²) in [6.45, 7) is 13.3. The number of ether oxygens (including phenoxy) is 1. The molecule has 57 heavy (non-hydrogen) atoms. The van der Waals surface area contributed by atoms with E-state index in [1.165, 1.54) is 11.6 Å². The van der Waals surface area contributed by atoms with Gasteiger partial charge in [0.05, 0.1) is 30.9 Å². The van der Waals surface area contributed by atoms with Gasteiger partial charge in [-0.05, 0) is 60.2 Å². The second-order valence-corrected chi connectivity index (χ2v) is 15.8. The maximum atomic E-state index is 13.7. The first kappa shape index (κ1) is 38.4. The smallest absolute Gasteiger partial charge is 0.258 e. The van der Waals surface area contributed by atoms with Crippen molar-refractivity contribution in [2.24, 2.45) is 5.92 Å². The fraction of sp³-hybridized carbons (Fsp3) is 0.488. The summed E-state index contributed by atoms with van der Waals surface area (Å²) in [5, 5.41) is 20.7. The number of nitrogens with zero attached hydrogens (tertiary/aromatic N) is 10. The molecule has 3 fully saturated rings. The Labute approximate surface area is 332 Å². The molecule has 0 spiro atoms. The largest absolute Gasteiger partial charge is 0.508 e. The lowest BCUT2D eigenvalue weighted by atomic mass is 9.94. The SMILES string of the molecule is CC(C)c1cc(C(=O)N2Cc3ccc(CN4CCC(C(=O)N5CCN(Cc6nc(-c7cnc(N)nc7)nc(N7CCOCC7)n6)CC5)CC4)cc3C2)c(O)cc1O. The minimum atomic E-state index is -0.249. The predicted molar refractivity (Wildman–Crippen MR) is 212 cm³/mol. The fourth-order valence-corrected chi connectivity index (χ4v) is 8.23. The minimum absolute atomic E-state index is 0.00508. The number of nitrogens with two attached hydrogens (primary N) is 1. The van der Waals surface area contributed by atoms with Gasteiger partial charge in [-0.1, -0.05) is 32.0 Å². The van der Waals surface area contributed by atoms with Crippen molar-refractivity contribution in [2.45, 2.75) is 58.8 Å². The summed E-state index contributed by atoms with van der Waals surface area (Å²) in [5.74, 6) is 1.78. The molecule has 300 valence electrons. The van der Waals surface area contributed by atoms with E-state index in [0.29, 0.717) is 87.8 Å². The quantitative estimate of drug-likeness (QED) is 0.225. The second kappa shape index (κ2) is 16.6. The Hall–Kier alpha value is -5.45. The number of carbonyl (C=O) groups is 2. The molecule has 16 heteroatoms. The summed E-state index contributed by atoms with van der Waals surface area (Å²) in [6.07, 6.45) is 4.91. The number of fused-ring (bicyclic) bond motifs is 1. The number of carbonyl (C=O) groups excluding carboxylic acids is 2. The van der Waals surface area contributed by atoms with E-state index in [1.54, 1.807) is 23.4 Å². The number of likely N-dealkylation sites (tertiary alicyclic amines) is 1. The zero-order valence-corrected chi connectivity index (χ0v) is 32.7. The van der Waals surface area contributed by atoms with Crippen LogP contribution in [0.4, 0.5) is 11.9 Å². The van der Waals surface area contributed by atoms with Crippen molar-refractivity contribution in [2.75, 3.05) is 76.2 Å². The van der Waals surface area contributed by atoms with Gasteiger partial charge in [0, 0.05) is 83.3 Å². The number of phenols is 2. The molecule has 0 radical (unpaired) electrons. The first-order valence-electron chi connectivity index (χ1n) is 19.9. The van der Waals surface area contributed by atoms with Crippen molar-refractivity contribution in [3.8, 4) is 22.9 Å². The van der Waals surface area contributed by atoms with E-state index in [1.807, 2.05) is 18.7 Å². The van der Waals surface area contributed by atoms with Crippen molar-refractivity contribution < 1.29 is 24.5 Å². The van der Waals surface area contributed by atoms with Crippen LogP contribution in [0.1, 0.15) is 71.0 Å². The summed E-state index contributed by atoms with van der Waals surface area (Å²) in [4.78, 5) is 60.3. The average Bonchev–Trinajstić information content (AvgIpc) is 3.65. The third kappa shape index (κ3) is 8.62. The Balaban J connectivity index is 0.820. The van der Waals surface area contributed by atoms with Gasteiger partial charge < -0.3 is 35.4 Å². The van der Waals surface area contributed by atoms with Gasteiger partial charge in [-0.15, -0.1) is 0 Å². The van der Waals surface area contributed by atoms with Crippen molar-refractivity contribution >= 4 is 23.7 Å². The molecule has 4 N–H and O–H groups in total. The van der Waals surface area contributed by atoms with Gasteiger partial charge in [0.15, 0.2) is 5.82 Å². The second-order valence-electron chi connectivity index (χ2n) is 15.8. The Kier molecular flexibility index (Phi) is 11.2. The Morgan fingerprint density at radius 2 is 1.51 bits per heavy atom. The molecule has 0 bridgehead atoms. The van der Waals surface area contributed by atoms with Crippen LogP contribution in [-0.4, -0.2) is 132 Å². The molecule has 4 aliphatic heterocycles. The Morgan fingerprint density at radius 1 is 0.807 bits per heavy atom. The number of phenolic OH excluding ortho intramolecular Hbond substituents is 2. The number of amides is 2. The lowest BCUT2D eigenvalue weighted by molar-refractivity contribution is -0.139. The van der Waals surface area contributed by atoms with E-state index in [-0.39, 0.29) is 46.7 Å². The standard InChI is InChI=1S/C41H51N11O5/c1-26(2)32-18-33(35(54)19-34(32)53)39(56)52-23-29-4-3-27(17-30(29)24-52)22-48-7-5-28(6-8-48)38(55)50-11-9-49(10-12-50)25-36-45-37(31-20-43-40(42)44-21-31)47-41(46-36)51-13-15-57-16-14-51/h3-4,17-21,26,28,53-54H,5-16,22-25H2,1-2H3,(H2,42,43,44). The van der Waals surface area contributed by atoms with E-state index >= 15 is 0 Å². The van der Waals surface area contributed by atoms with Crippen LogP contribution < -0.4 is 10.6 Å². The number of rotatable bonds is 9. The number of nitrogen functional groups attached to an aromatic ring is 1. The van der Waals surface area contributed by atoms with Crippen LogP contribution in [0.3, 0.4) is 0 Å². The van der Waals surface area contributed by atoms with Gasteiger partial charge in [0.2, 0.25) is 17.8 Å². The van der Waals surface area contributed by atoms with Crippen LogP contribution >= 0.6 is 0 Å². The number of morpholine rings is 1. The normalized spacial score (nSPS) is 18.3. The minimum Gasteiger partial charge on any atom is -0.508 e. The highest BCUT2D eigenvalue weighted by Gasteiger charge is 2.32. The third-order valence-electron chi connectivity index (χ3n) is 11.6. The molecule has 0 atom stereocenters. The molecule has 4 aromatic rings. The summed E-state index contributed by atoms with van der Waals surface area (Å²) in [5.41, 5.74) is 10.6. The van der Waals surface area contributed by atoms with Crippen molar-refractivity contribution in [3.05, 3.63) is 76.4 Å². The molecule has 2 aromatic heterocycles. The first-order chi connectivity index (χ1) is 27.6. The lowest BCUT2D eigenvalue weighted by Gasteiger charge is -2.38. The van der Waals surface area contributed by atoms with E-state index < -0.39 is 0 Å². The maximum absolute atomic E-state index is 13.7. The van der Waals surface area contributed by atoms with Crippen molar-refractivity contribution in [1.29, 1.82) is 0 Å². The highest BCUT2D eigenvalue weighted by atomic mass is 16.5. The van der Waals surface area contributed by atoms with E-state index in [4.69, 9.17) is 25.4 Å². The van der Waals surface area contributed by atoms with Crippen molar-refractivity contribution in [1.82, 2.24) is 44.5 Å². The molecular weight excluding hydrogens is 727 g/mol. The number of aromatic hydroxyl groups is 2. The fourth-order valence-electron chi connectivity index (χ4n) is 8.23. The monoisotopic (exact) mass is 777 g/mol. The molecule has 0 unspecified atom stereocenters. The Bertz CT molecular complexity index is 2090. The zero-order chi connectivity index (χ0) is 39.6. The average molecular weight is 778 g/mol. The molecule has 2 aromatic carbocycles. The van der Waals surface area contributed by atoms with Crippen LogP contribution in [0.2, 0.25) is 0 Å². The van der Waals surface area contributed by atoms with Crippen LogP contribution in [-0.2, 0) is 35.7 Å². The molecule has 3 saturated heterocycles. The predicted octanol–water partition coefficient (Wildman–Crippen LogP) is 2.99. The number of piperazine rings is 1. The molecule has 0 aliphatic carbocycles. The van der Waals surface area contributed by atoms with E-state index in [2.05, 4.69) is 42.9 Å². The number of benzene rings is 2. The van der Waals surface area contributed by atoms with E-state index in [0.717, 1.165) is 56.7 Å². The molecular formula is C41H51N11O5. The summed E-state index contributed by atoms with van der Waals surface area (Å²) < 4.78 is 5.54.